The maximum atomic E-state index is 12.3. The third kappa shape index (κ3) is 3.80. The van der Waals surface area contributed by atoms with Crippen LogP contribution in [0.15, 0.2) is 36.5 Å². The van der Waals surface area contributed by atoms with E-state index in [1.165, 1.54) is 0 Å². The third-order valence-corrected chi connectivity index (χ3v) is 4.30. The lowest BCUT2D eigenvalue weighted by molar-refractivity contribution is -0.00924. The molecule has 0 unspecified atom stereocenters. The lowest BCUT2D eigenvalue weighted by atomic mass is 10.0. The molecule has 2 heterocycles. The van der Waals surface area contributed by atoms with Gasteiger partial charge in [0.15, 0.2) is 5.69 Å². The van der Waals surface area contributed by atoms with Crippen LogP contribution in [0, 0.1) is 0 Å². The molecule has 0 radical (unpaired) electrons. The number of nitrogens with zero attached hydrogens (tertiary/aromatic N) is 4. The minimum Gasteiger partial charge on any atom is -0.379 e. The zero-order chi connectivity index (χ0) is 17.0. The van der Waals surface area contributed by atoms with E-state index in [0.29, 0.717) is 12.2 Å². The van der Waals surface area contributed by atoms with Crippen LogP contribution in [0.2, 0.25) is 0 Å². The standard InChI is InChI=1S/C17H23N5O2/c1-17(2,21-8-10-24-11-9-21)13-18-16(23)15-12-22(20-19-15)14-6-4-3-5-7-14/h3-7,12H,8-11,13H2,1-2H3,(H,18,23). The van der Waals surface area contributed by atoms with Crippen molar-refractivity contribution in [3.63, 3.8) is 0 Å². The van der Waals surface area contributed by atoms with Gasteiger partial charge in [-0.25, -0.2) is 4.68 Å². The van der Waals surface area contributed by atoms with E-state index in [2.05, 4.69) is 34.4 Å². The van der Waals surface area contributed by atoms with Crippen molar-refractivity contribution in [1.82, 2.24) is 25.2 Å². The molecule has 7 heteroatoms. The van der Waals surface area contributed by atoms with Crippen molar-refractivity contribution in [2.24, 2.45) is 0 Å². The topological polar surface area (TPSA) is 72.3 Å². The monoisotopic (exact) mass is 329 g/mol. The number of morpholine rings is 1. The quantitative estimate of drug-likeness (QED) is 0.890. The Kier molecular flexibility index (Phi) is 4.92. The van der Waals surface area contributed by atoms with Crippen molar-refractivity contribution < 1.29 is 9.53 Å². The third-order valence-electron chi connectivity index (χ3n) is 4.30. The number of aromatic nitrogens is 3. The van der Waals surface area contributed by atoms with Gasteiger partial charge in [0.2, 0.25) is 0 Å². The van der Waals surface area contributed by atoms with Crippen molar-refractivity contribution in [3.8, 4) is 5.69 Å². The Labute approximate surface area is 141 Å². The number of carbonyl (C=O) groups is 1. The van der Waals surface area contributed by atoms with Gasteiger partial charge in [0, 0.05) is 25.2 Å². The van der Waals surface area contributed by atoms with Crippen LogP contribution in [-0.2, 0) is 4.74 Å². The molecule has 0 atom stereocenters. The van der Waals surface area contributed by atoms with E-state index in [9.17, 15) is 4.79 Å². The Bertz CT molecular complexity index is 677. The summed E-state index contributed by atoms with van der Waals surface area (Å²) < 4.78 is 6.98. The first-order chi connectivity index (χ1) is 11.6. The van der Waals surface area contributed by atoms with Crippen LogP contribution in [-0.4, -0.2) is 64.2 Å². The summed E-state index contributed by atoms with van der Waals surface area (Å²) in [5.74, 6) is -0.210. The van der Waals surface area contributed by atoms with E-state index in [4.69, 9.17) is 4.74 Å². The summed E-state index contributed by atoms with van der Waals surface area (Å²) in [6.45, 7) is 8.04. The fraction of sp³-hybridized carbons (Fsp3) is 0.471. The van der Waals surface area contributed by atoms with E-state index >= 15 is 0 Å². The normalized spacial score (nSPS) is 16.1. The van der Waals surface area contributed by atoms with Crippen LogP contribution < -0.4 is 5.32 Å². The summed E-state index contributed by atoms with van der Waals surface area (Å²) >= 11 is 0. The number of hydrogen-bond donors (Lipinski definition) is 1. The second-order valence-electron chi connectivity index (χ2n) is 6.48. The minimum atomic E-state index is -0.210. The Morgan fingerprint density at radius 2 is 1.96 bits per heavy atom. The van der Waals surface area contributed by atoms with Crippen LogP contribution in [0.3, 0.4) is 0 Å². The first-order valence-corrected chi connectivity index (χ1v) is 8.15. The molecular weight excluding hydrogens is 306 g/mol. The van der Waals surface area contributed by atoms with Crippen molar-refractivity contribution in [3.05, 3.63) is 42.2 Å². The molecule has 1 N–H and O–H groups in total. The SMILES string of the molecule is CC(C)(CNC(=O)c1cn(-c2ccccc2)nn1)N1CCOCC1. The average Bonchev–Trinajstić information content (AvgIpc) is 3.11. The summed E-state index contributed by atoms with van der Waals surface area (Å²) in [7, 11) is 0. The van der Waals surface area contributed by atoms with Crippen LogP contribution in [0.1, 0.15) is 24.3 Å². The molecule has 1 aliphatic heterocycles. The van der Waals surface area contributed by atoms with Crippen molar-refractivity contribution in [2.75, 3.05) is 32.8 Å². The summed E-state index contributed by atoms with van der Waals surface area (Å²) in [6.07, 6.45) is 1.65. The number of nitrogens with one attached hydrogen (secondary N) is 1. The summed E-state index contributed by atoms with van der Waals surface area (Å²) in [6, 6.07) is 9.60. The number of ether oxygens (including phenoxy) is 1. The Hall–Kier alpha value is -2.25. The number of rotatable bonds is 5. The fourth-order valence-electron chi connectivity index (χ4n) is 2.74. The Morgan fingerprint density at radius 1 is 1.25 bits per heavy atom. The smallest absolute Gasteiger partial charge is 0.273 e. The van der Waals surface area contributed by atoms with Gasteiger partial charge in [-0.3, -0.25) is 9.69 Å². The molecule has 1 aromatic carbocycles. The van der Waals surface area contributed by atoms with E-state index in [1.807, 2.05) is 30.3 Å². The van der Waals surface area contributed by atoms with Crippen molar-refractivity contribution in [2.45, 2.75) is 19.4 Å². The molecule has 1 fully saturated rings. The van der Waals surface area contributed by atoms with E-state index < -0.39 is 0 Å². The van der Waals surface area contributed by atoms with E-state index in [-0.39, 0.29) is 11.4 Å². The number of carbonyl (C=O) groups excluding carboxylic acids is 1. The highest BCUT2D eigenvalue weighted by Gasteiger charge is 2.29. The Morgan fingerprint density at radius 3 is 2.67 bits per heavy atom. The van der Waals surface area contributed by atoms with Gasteiger partial charge in [-0.15, -0.1) is 5.10 Å². The molecule has 128 valence electrons. The molecular formula is C17H23N5O2. The molecule has 0 bridgehead atoms. The van der Waals surface area contributed by atoms with Crippen LogP contribution in [0.4, 0.5) is 0 Å². The number of hydrogen-bond acceptors (Lipinski definition) is 5. The number of amides is 1. The predicted molar refractivity (Wildman–Crippen MR) is 90.2 cm³/mol. The second-order valence-corrected chi connectivity index (χ2v) is 6.48. The van der Waals surface area contributed by atoms with Crippen molar-refractivity contribution in [1.29, 1.82) is 0 Å². The zero-order valence-electron chi connectivity index (χ0n) is 14.1. The molecule has 1 aliphatic rings. The second kappa shape index (κ2) is 7.11. The predicted octanol–water partition coefficient (Wildman–Crippen LogP) is 1.11. The molecule has 3 rings (SSSR count). The van der Waals surface area contributed by atoms with Gasteiger partial charge in [-0.2, -0.15) is 0 Å². The van der Waals surface area contributed by atoms with Gasteiger partial charge in [0.05, 0.1) is 25.1 Å². The molecule has 0 saturated carbocycles. The molecule has 24 heavy (non-hydrogen) atoms. The van der Waals surface area contributed by atoms with Crippen molar-refractivity contribution >= 4 is 5.91 Å². The Balaban J connectivity index is 1.60. The number of benzene rings is 1. The van der Waals surface area contributed by atoms with E-state index in [0.717, 1.165) is 32.0 Å². The molecule has 1 aromatic heterocycles. The van der Waals surface area contributed by atoms with E-state index in [1.54, 1.807) is 10.9 Å². The van der Waals surface area contributed by atoms with Gasteiger partial charge >= 0.3 is 0 Å². The van der Waals surface area contributed by atoms with Crippen LogP contribution >= 0.6 is 0 Å². The van der Waals surface area contributed by atoms with Gasteiger partial charge in [-0.05, 0) is 26.0 Å². The van der Waals surface area contributed by atoms with Crippen LogP contribution in [0.5, 0.6) is 0 Å². The molecule has 0 aliphatic carbocycles. The summed E-state index contributed by atoms with van der Waals surface area (Å²) in [5, 5.41) is 11.0. The highest BCUT2D eigenvalue weighted by atomic mass is 16.5. The maximum Gasteiger partial charge on any atom is 0.273 e. The van der Waals surface area contributed by atoms with Gasteiger partial charge < -0.3 is 10.1 Å². The molecule has 0 spiro atoms. The van der Waals surface area contributed by atoms with Crippen LogP contribution in [0.25, 0.3) is 5.69 Å². The molecule has 2 aromatic rings. The van der Waals surface area contributed by atoms with Gasteiger partial charge in [-0.1, -0.05) is 23.4 Å². The van der Waals surface area contributed by atoms with Gasteiger partial charge in [0.1, 0.15) is 0 Å². The lowest BCUT2D eigenvalue weighted by Crippen LogP contribution is -2.55. The number of para-hydroxylation sites is 1. The fourth-order valence-corrected chi connectivity index (χ4v) is 2.74. The first kappa shape index (κ1) is 16.6. The first-order valence-electron chi connectivity index (χ1n) is 8.15. The maximum absolute atomic E-state index is 12.3. The highest BCUT2D eigenvalue weighted by molar-refractivity contribution is 5.91. The minimum absolute atomic E-state index is 0.130. The highest BCUT2D eigenvalue weighted by Crippen LogP contribution is 2.15. The lowest BCUT2D eigenvalue weighted by Gasteiger charge is -2.40. The zero-order valence-corrected chi connectivity index (χ0v) is 14.1. The summed E-state index contributed by atoms with van der Waals surface area (Å²) in [5.41, 5.74) is 1.06. The molecule has 7 nitrogen and oxygen atoms in total. The van der Waals surface area contributed by atoms with Gasteiger partial charge in [0.25, 0.3) is 5.91 Å². The summed E-state index contributed by atoms with van der Waals surface area (Å²) in [4.78, 5) is 14.7. The molecule has 1 saturated heterocycles. The largest absolute Gasteiger partial charge is 0.379 e. The average molecular weight is 329 g/mol. The molecule has 1 amide bonds.